The molecule has 1 aromatic heterocycles. The zero-order valence-electron chi connectivity index (χ0n) is 22.0. The van der Waals surface area contributed by atoms with Gasteiger partial charge in [0.25, 0.3) is 0 Å². The molecular weight excluding hydrogens is 518 g/mol. The third kappa shape index (κ3) is 5.21. The van der Waals surface area contributed by atoms with Gasteiger partial charge in [-0.15, -0.1) is 0 Å². The Hall–Kier alpha value is -5.55. The van der Waals surface area contributed by atoms with Gasteiger partial charge in [-0.1, -0.05) is 60.7 Å². The number of nitrogens with zero attached hydrogens (tertiary/aromatic N) is 2. The number of nitriles is 1. The highest BCUT2D eigenvalue weighted by Crippen LogP contribution is 2.39. The second-order valence-electron chi connectivity index (χ2n) is 9.76. The highest BCUT2D eigenvalue weighted by molar-refractivity contribution is 6.11. The quantitative estimate of drug-likeness (QED) is 0.240. The van der Waals surface area contributed by atoms with Gasteiger partial charge in [0.15, 0.2) is 17.2 Å². The lowest BCUT2D eigenvalue weighted by atomic mass is 10.0. The number of fused-ring (bicyclic) bond motifs is 2. The van der Waals surface area contributed by atoms with Crippen LogP contribution in [0.4, 0.5) is 5.69 Å². The van der Waals surface area contributed by atoms with Crippen LogP contribution in [0.2, 0.25) is 0 Å². The number of hydrogen-bond donors (Lipinski definition) is 2. The van der Waals surface area contributed by atoms with Gasteiger partial charge >= 0.3 is 5.97 Å². The maximum atomic E-state index is 13.1. The molecule has 1 amide bonds. The van der Waals surface area contributed by atoms with Crippen LogP contribution >= 0.6 is 0 Å². The summed E-state index contributed by atoms with van der Waals surface area (Å²) in [5.74, 6) is -0.129. The van der Waals surface area contributed by atoms with E-state index in [2.05, 4.69) is 11.4 Å². The van der Waals surface area contributed by atoms with E-state index in [9.17, 15) is 20.0 Å². The molecule has 0 saturated heterocycles. The van der Waals surface area contributed by atoms with Crippen molar-refractivity contribution in [1.29, 1.82) is 5.26 Å². The molecule has 41 heavy (non-hydrogen) atoms. The Bertz CT molecular complexity index is 1840. The summed E-state index contributed by atoms with van der Waals surface area (Å²) in [5.41, 5.74) is 4.84. The number of aryl methyl sites for hydroxylation is 1. The molecule has 0 saturated carbocycles. The molecule has 4 aromatic carbocycles. The fourth-order valence-corrected chi connectivity index (χ4v) is 5.14. The standard InChI is InChI=1S/C33H25N3O5/c34-18-22-7-4-8-23(15-22)19-36-27-16-24(25-11-13-28-29(17-25)41-20-40-28)10-12-26(27)31(32(36)33(38)39)35-30(37)14-9-21-5-2-1-3-6-21/h1-8,10-13,15-17H,9,14,19-20H2,(H,35,37)(H,38,39). The van der Waals surface area contributed by atoms with E-state index < -0.39 is 5.97 Å². The predicted molar refractivity (Wildman–Crippen MR) is 154 cm³/mol. The largest absolute Gasteiger partial charge is 0.477 e. The van der Waals surface area contributed by atoms with Crippen molar-refractivity contribution in [1.82, 2.24) is 4.57 Å². The van der Waals surface area contributed by atoms with Gasteiger partial charge in [0, 0.05) is 18.4 Å². The number of hydrogen-bond acceptors (Lipinski definition) is 5. The van der Waals surface area contributed by atoms with Gasteiger partial charge < -0.3 is 24.5 Å². The van der Waals surface area contributed by atoms with E-state index in [1.54, 1.807) is 22.8 Å². The molecule has 6 rings (SSSR count). The maximum Gasteiger partial charge on any atom is 0.354 e. The molecule has 0 spiro atoms. The van der Waals surface area contributed by atoms with E-state index in [0.717, 1.165) is 22.3 Å². The van der Waals surface area contributed by atoms with Gasteiger partial charge in [-0.2, -0.15) is 5.26 Å². The number of carbonyl (C=O) groups is 2. The number of aromatic carboxylic acids is 1. The highest BCUT2D eigenvalue weighted by Gasteiger charge is 2.25. The van der Waals surface area contributed by atoms with Gasteiger partial charge in [0.1, 0.15) is 0 Å². The Labute approximate surface area is 236 Å². The molecule has 0 atom stereocenters. The number of carboxylic acid groups (broad SMARTS) is 1. The number of rotatable bonds is 8. The Morgan fingerprint density at radius 3 is 2.44 bits per heavy atom. The van der Waals surface area contributed by atoms with Crippen LogP contribution in [0.5, 0.6) is 11.5 Å². The third-order valence-electron chi connectivity index (χ3n) is 7.12. The molecule has 8 nitrogen and oxygen atoms in total. The molecule has 1 aliphatic heterocycles. The SMILES string of the molecule is N#Cc1cccc(Cn2c(C(=O)O)c(NC(=O)CCc3ccccc3)c3ccc(-c4ccc5c(c4)OCO5)cc32)c1. The van der Waals surface area contributed by atoms with Crippen molar-refractivity contribution in [3.8, 4) is 28.7 Å². The summed E-state index contributed by atoms with van der Waals surface area (Å²) in [6, 6.07) is 30.1. The van der Waals surface area contributed by atoms with Gasteiger partial charge in [-0.25, -0.2) is 4.79 Å². The fraction of sp³-hybridized carbons (Fsp3) is 0.121. The molecule has 0 fully saturated rings. The van der Waals surface area contributed by atoms with E-state index in [0.29, 0.717) is 34.4 Å². The van der Waals surface area contributed by atoms with Crippen LogP contribution in [0.1, 0.15) is 33.6 Å². The molecule has 2 N–H and O–H groups in total. The first-order valence-corrected chi connectivity index (χ1v) is 13.1. The Morgan fingerprint density at radius 1 is 0.878 bits per heavy atom. The molecule has 5 aromatic rings. The summed E-state index contributed by atoms with van der Waals surface area (Å²) in [6.45, 7) is 0.357. The Morgan fingerprint density at radius 2 is 1.63 bits per heavy atom. The zero-order chi connectivity index (χ0) is 28.3. The third-order valence-corrected chi connectivity index (χ3v) is 7.12. The van der Waals surface area contributed by atoms with Crippen LogP contribution in [0.15, 0.2) is 91.0 Å². The summed E-state index contributed by atoms with van der Waals surface area (Å²) in [5, 5.41) is 23.3. The maximum absolute atomic E-state index is 13.1. The smallest absolute Gasteiger partial charge is 0.354 e. The van der Waals surface area contributed by atoms with Crippen LogP contribution in [-0.4, -0.2) is 28.3 Å². The van der Waals surface area contributed by atoms with Crippen molar-refractivity contribution >= 4 is 28.5 Å². The minimum Gasteiger partial charge on any atom is -0.477 e. The second kappa shape index (κ2) is 10.9. The van der Waals surface area contributed by atoms with Crippen LogP contribution in [0.25, 0.3) is 22.0 Å². The summed E-state index contributed by atoms with van der Waals surface area (Å²) in [4.78, 5) is 25.8. The first kappa shape index (κ1) is 25.7. The van der Waals surface area contributed by atoms with Crippen LogP contribution < -0.4 is 14.8 Å². The predicted octanol–water partition coefficient (Wildman–Crippen LogP) is 6.23. The van der Waals surface area contributed by atoms with Crippen molar-refractivity contribution in [2.45, 2.75) is 19.4 Å². The number of ether oxygens (including phenoxy) is 2. The number of anilines is 1. The van der Waals surface area contributed by atoms with Crippen molar-refractivity contribution in [3.05, 3.63) is 113 Å². The summed E-state index contributed by atoms with van der Waals surface area (Å²) < 4.78 is 12.7. The molecule has 2 heterocycles. The van der Waals surface area contributed by atoms with E-state index in [-0.39, 0.29) is 37.0 Å². The molecule has 8 heteroatoms. The number of carboxylic acids is 1. The van der Waals surface area contributed by atoms with Crippen molar-refractivity contribution in [3.63, 3.8) is 0 Å². The van der Waals surface area contributed by atoms with E-state index in [1.165, 1.54) is 0 Å². The van der Waals surface area contributed by atoms with Crippen molar-refractivity contribution in [2.75, 3.05) is 12.1 Å². The van der Waals surface area contributed by atoms with Gasteiger partial charge in [-0.3, -0.25) is 4.79 Å². The summed E-state index contributed by atoms with van der Waals surface area (Å²) in [7, 11) is 0. The highest BCUT2D eigenvalue weighted by atomic mass is 16.7. The van der Waals surface area contributed by atoms with Gasteiger partial charge in [-0.05, 0) is 59.0 Å². The lowest BCUT2D eigenvalue weighted by Gasteiger charge is -2.11. The van der Waals surface area contributed by atoms with Crippen LogP contribution in [0, 0.1) is 11.3 Å². The first-order chi connectivity index (χ1) is 20.0. The number of carbonyl (C=O) groups excluding carboxylic acids is 1. The first-order valence-electron chi connectivity index (χ1n) is 13.1. The second-order valence-corrected chi connectivity index (χ2v) is 9.76. The summed E-state index contributed by atoms with van der Waals surface area (Å²) in [6.07, 6.45) is 0.734. The lowest BCUT2D eigenvalue weighted by Crippen LogP contribution is -2.17. The topological polar surface area (TPSA) is 114 Å². The van der Waals surface area contributed by atoms with E-state index in [4.69, 9.17) is 9.47 Å². The molecule has 0 aliphatic carbocycles. The molecular formula is C33H25N3O5. The van der Waals surface area contributed by atoms with Gasteiger partial charge in [0.05, 0.1) is 22.8 Å². The van der Waals surface area contributed by atoms with Gasteiger partial charge in [0.2, 0.25) is 12.7 Å². The minimum atomic E-state index is -1.17. The average molecular weight is 544 g/mol. The number of amides is 1. The van der Waals surface area contributed by atoms with Crippen LogP contribution in [-0.2, 0) is 17.8 Å². The zero-order valence-corrected chi connectivity index (χ0v) is 22.0. The molecule has 0 radical (unpaired) electrons. The lowest BCUT2D eigenvalue weighted by molar-refractivity contribution is -0.116. The number of aromatic nitrogens is 1. The number of benzene rings is 4. The van der Waals surface area contributed by atoms with Crippen molar-refractivity contribution in [2.24, 2.45) is 0 Å². The normalized spacial score (nSPS) is 11.8. The molecule has 0 bridgehead atoms. The van der Waals surface area contributed by atoms with E-state index >= 15 is 0 Å². The molecule has 0 unspecified atom stereocenters. The number of nitrogens with one attached hydrogen (secondary N) is 1. The monoisotopic (exact) mass is 543 g/mol. The minimum absolute atomic E-state index is 0.0294. The van der Waals surface area contributed by atoms with Crippen molar-refractivity contribution < 1.29 is 24.2 Å². The summed E-state index contributed by atoms with van der Waals surface area (Å²) >= 11 is 0. The molecule has 202 valence electrons. The fourth-order valence-electron chi connectivity index (χ4n) is 5.14. The van der Waals surface area contributed by atoms with E-state index in [1.807, 2.05) is 72.8 Å². The average Bonchev–Trinajstić information content (AvgIpc) is 3.58. The Kier molecular flexibility index (Phi) is 6.84. The van der Waals surface area contributed by atoms with Crippen LogP contribution in [0.3, 0.4) is 0 Å². The molecule has 1 aliphatic rings. The Balaban J connectivity index is 1.44.